The largest absolute Gasteiger partial charge is 0.302 e. The summed E-state index contributed by atoms with van der Waals surface area (Å²) in [5.74, 6) is 0. The average molecular weight is 343 g/mol. The number of nitrogens with zero attached hydrogens (tertiary/aromatic N) is 1. The van der Waals surface area contributed by atoms with Crippen molar-refractivity contribution in [1.82, 2.24) is 0 Å². The Bertz CT molecular complexity index is 1120. The first-order valence-electron chi connectivity index (χ1n) is 7.75. The van der Waals surface area contributed by atoms with Gasteiger partial charge in [-0.1, -0.05) is 60.7 Å². The Morgan fingerprint density at radius 1 is 0.760 bits per heavy atom. The van der Waals surface area contributed by atoms with Crippen molar-refractivity contribution < 1.29 is 8.76 Å². The molecule has 1 unspecified atom stereocenters. The van der Waals surface area contributed by atoms with E-state index in [0.29, 0.717) is 10.5 Å². The molecule has 25 heavy (non-hydrogen) atoms. The Morgan fingerprint density at radius 3 is 1.68 bits per heavy atom. The summed E-state index contributed by atoms with van der Waals surface area (Å²) < 4.78 is 21.9. The highest BCUT2D eigenvalue weighted by Gasteiger charge is 2.17. The van der Waals surface area contributed by atoms with Gasteiger partial charge in [0.05, 0.1) is 16.5 Å². The molecule has 4 rings (SSSR count). The Balaban J connectivity index is 2.21. The van der Waals surface area contributed by atoms with Gasteiger partial charge in [-0.25, -0.2) is 4.21 Å². The second-order valence-corrected chi connectivity index (χ2v) is 6.64. The molecule has 0 amide bonds. The highest BCUT2D eigenvalue weighted by molar-refractivity contribution is 7.79. The zero-order valence-corrected chi connectivity index (χ0v) is 14.0. The monoisotopic (exact) mass is 343 g/mol. The van der Waals surface area contributed by atoms with Gasteiger partial charge < -0.3 is 4.55 Å². The van der Waals surface area contributed by atoms with Crippen molar-refractivity contribution in [1.29, 1.82) is 5.26 Å². The predicted molar refractivity (Wildman–Crippen MR) is 101 cm³/mol. The van der Waals surface area contributed by atoms with Gasteiger partial charge in [0.2, 0.25) is 0 Å². The van der Waals surface area contributed by atoms with Crippen molar-refractivity contribution >= 4 is 32.6 Å². The zero-order chi connectivity index (χ0) is 17.4. The lowest BCUT2D eigenvalue weighted by Crippen LogP contribution is -1.95. The van der Waals surface area contributed by atoms with E-state index in [1.165, 1.54) is 0 Å². The summed E-state index contributed by atoms with van der Waals surface area (Å²) >= 11 is -2.09. The van der Waals surface area contributed by atoms with Crippen LogP contribution in [0, 0.1) is 11.3 Å². The Hall–Kier alpha value is -3.00. The van der Waals surface area contributed by atoms with Crippen LogP contribution in [0.25, 0.3) is 32.7 Å². The van der Waals surface area contributed by atoms with Crippen molar-refractivity contribution in [2.45, 2.75) is 4.90 Å². The third-order valence-electron chi connectivity index (χ3n) is 4.36. The van der Waals surface area contributed by atoms with Crippen LogP contribution in [0.3, 0.4) is 0 Å². The summed E-state index contributed by atoms with van der Waals surface area (Å²) in [5.41, 5.74) is 2.58. The maximum atomic E-state index is 12.0. The van der Waals surface area contributed by atoms with E-state index in [1.54, 1.807) is 12.1 Å². The van der Waals surface area contributed by atoms with Crippen LogP contribution in [0.1, 0.15) is 5.56 Å². The van der Waals surface area contributed by atoms with Gasteiger partial charge in [-0.05, 0) is 34.0 Å². The number of benzene rings is 4. The molecule has 0 heterocycles. The second-order valence-electron chi connectivity index (χ2n) is 5.73. The van der Waals surface area contributed by atoms with E-state index >= 15 is 0 Å². The van der Waals surface area contributed by atoms with Crippen LogP contribution in [0.4, 0.5) is 0 Å². The van der Waals surface area contributed by atoms with E-state index in [4.69, 9.17) is 5.26 Å². The number of rotatable bonds is 2. The molecule has 0 saturated heterocycles. The molecule has 0 spiro atoms. The maximum absolute atomic E-state index is 12.0. The summed E-state index contributed by atoms with van der Waals surface area (Å²) in [6.45, 7) is 0. The Labute approximate surface area is 147 Å². The molecule has 4 heteroatoms. The van der Waals surface area contributed by atoms with Gasteiger partial charge in [-0.2, -0.15) is 5.26 Å². The van der Waals surface area contributed by atoms with E-state index in [9.17, 15) is 8.76 Å². The number of nitriles is 1. The lowest BCUT2D eigenvalue weighted by atomic mass is 9.91. The third-order valence-corrected chi connectivity index (χ3v) is 5.15. The molecule has 1 N–H and O–H groups in total. The fourth-order valence-corrected chi connectivity index (χ4v) is 4.03. The minimum Gasteiger partial charge on any atom is -0.302 e. The molecule has 3 nitrogen and oxygen atoms in total. The molecule has 120 valence electrons. The van der Waals surface area contributed by atoms with Gasteiger partial charge in [-0.3, -0.25) is 0 Å². The van der Waals surface area contributed by atoms with Crippen LogP contribution in [0.5, 0.6) is 0 Å². The van der Waals surface area contributed by atoms with Crippen molar-refractivity contribution in [2.75, 3.05) is 0 Å². The van der Waals surface area contributed by atoms with E-state index in [2.05, 4.69) is 6.07 Å². The third kappa shape index (κ3) is 2.51. The molecular weight excluding hydrogens is 330 g/mol. The van der Waals surface area contributed by atoms with Gasteiger partial charge >= 0.3 is 0 Å². The molecule has 1 atom stereocenters. The van der Waals surface area contributed by atoms with E-state index in [1.807, 2.05) is 60.7 Å². The van der Waals surface area contributed by atoms with Crippen LogP contribution >= 0.6 is 0 Å². The van der Waals surface area contributed by atoms with Gasteiger partial charge in [0.1, 0.15) is 0 Å². The van der Waals surface area contributed by atoms with Crippen molar-refractivity contribution in [3.8, 4) is 17.2 Å². The number of fused-ring (bicyclic) bond motifs is 2. The molecule has 4 aromatic carbocycles. The maximum Gasteiger partial charge on any atom is 0.187 e. The molecular formula is C21H13NO2S. The summed E-state index contributed by atoms with van der Waals surface area (Å²) in [7, 11) is 0. The van der Waals surface area contributed by atoms with Crippen LogP contribution in [-0.4, -0.2) is 8.76 Å². The zero-order valence-electron chi connectivity index (χ0n) is 13.1. The quantitative estimate of drug-likeness (QED) is 0.406. The first kappa shape index (κ1) is 15.5. The Kier molecular flexibility index (Phi) is 3.81. The minimum absolute atomic E-state index is 0.434. The Morgan fingerprint density at radius 2 is 1.24 bits per heavy atom. The van der Waals surface area contributed by atoms with Crippen LogP contribution in [0.2, 0.25) is 0 Å². The van der Waals surface area contributed by atoms with E-state index in [-0.39, 0.29) is 0 Å². The normalized spacial score (nSPS) is 12.2. The summed E-state index contributed by atoms with van der Waals surface area (Å²) in [5, 5.41) is 12.4. The molecule has 0 aliphatic carbocycles. The standard InChI is InChI=1S/C21H13NO2S/c22-13-14-9-11-15(12-10-14)20-16-5-1-3-7-18(16)21(25(23)24)19-8-4-2-6-17(19)20/h1-12H,(H,23,24). The van der Waals surface area contributed by atoms with Crippen molar-refractivity contribution in [2.24, 2.45) is 0 Å². The van der Waals surface area contributed by atoms with Crippen molar-refractivity contribution in [3.63, 3.8) is 0 Å². The topological polar surface area (TPSA) is 61.1 Å². The molecule has 0 aromatic heterocycles. The van der Waals surface area contributed by atoms with E-state index < -0.39 is 11.1 Å². The molecule has 4 aromatic rings. The predicted octanol–water partition coefficient (Wildman–Crippen LogP) is 5.11. The molecule has 0 saturated carbocycles. The number of hydrogen-bond donors (Lipinski definition) is 1. The molecule has 0 bridgehead atoms. The molecule has 0 radical (unpaired) electrons. The fraction of sp³-hybridized carbons (Fsp3) is 0. The van der Waals surface area contributed by atoms with Gasteiger partial charge in [-0.15, -0.1) is 0 Å². The number of hydrogen-bond acceptors (Lipinski definition) is 2. The summed E-state index contributed by atoms with van der Waals surface area (Å²) in [6.07, 6.45) is 0. The van der Waals surface area contributed by atoms with E-state index in [0.717, 1.165) is 32.7 Å². The van der Waals surface area contributed by atoms with Crippen LogP contribution in [0.15, 0.2) is 77.7 Å². The second kappa shape index (κ2) is 6.14. The summed E-state index contributed by atoms with van der Waals surface area (Å²) in [6, 6.07) is 24.8. The molecule has 0 aliphatic heterocycles. The summed E-state index contributed by atoms with van der Waals surface area (Å²) in [4.78, 5) is 0.434. The van der Waals surface area contributed by atoms with Crippen molar-refractivity contribution in [3.05, 3.63) is 78.4 Å². The molecule has 0 aliphatic rings. The van der Waals surface area contributed by atoms with Gasteiger partial charge in [0.25, 0.3) is 0 Å². The lowest BCUT2D eigenvalue weighted by molar-refractivity contribution is 0.566. The van der Waals surface area contributed by atoms with Gasteiger partial charge in [0.15, 0.2) is 11.1 Å². The molecule has 0 fully saturated rings. The SMILES string of the molecule is N#Cc1ccc(-c2c3ccccc3c(S(=O)O)c3ccccc23)cc1. The first-order valence-corrected chi connectivity index (χ1v) is 8.86. The van der Waals surface area contributed by atoms with Gasteiger partial charge in [0, 0.05) is 10.8 Å². The lowest BCUT2D eigenvalue weighted by Gasteiger charge is -2.15. The first-order chi connectivity index (χ1) is 12.2. The fourth-order valence-electron chi connectivity index (χ4n) is 3.30. The smallest absolute Gasteiger partial charge is 0.187 e. The minimum atomic E-state index is -2.09. The highest BCUT2D eigenvalue weighted by Crippen LogP contribution is 2.40. The van der Waals surface area contributed by atoms with Crippen LogP contribution in [-0.2, 0) is 11.1 Å². The van der Waals surface area contributed by atoms with Crippen LogP contribution < -0.4 is 0 Å². The average Bonchev–Trinajstić information content (AvgIpc) is 2.65. The highest BCUT2D eigenvalue weighted by atomic mass is 32.2.